The molecule has 0 bridgehead atoms. The van der Waals surface area contributed by atoms with E-state index in [1.165, 1.54) is 0 Å². The second-order valence-electron chi connectivity index (χ2n) is 7.09. The highest BCUT2D eigenvalue weighted by Crippen LogP contribution is 2.28. The molecule has 0 aliphatic carbocycles. The smallest absolute Gasteiger partial charge is 0.317 e. The summed E-state index contributed by atoms with van der Waals surface area (Å²) in [7, 11) is 0. The summed E-state index contributed by atoms with van der Waals surface area (Å²) in [6, 6.07) is 5.08. The first kappa shape index (κ1) is 19.0. The number of rotatable bonds is 2. The normalized spacial score (nSPS) is 17.4. The van der Waals surface area contributed by atoms with Gasteiger partial charge in [-0.3, -0.25) is 9.59 Å². The summed E-state index contributed by atoms with van der Waals surface area (Å²) in [5, 5.41) is 5.67. The van der Waals surface area contributed by atoms with Crippen LogP contribution in [0.5, 0.6) is 5.75 Å². The molecule has 2 N–H and O–H groups in total. The van der Waals surface area contributed by atoms with Crippen LogP contribution in [0.4, 0.5) is 10.5 Å². The molecular weight excluding hydrogens is 348 g/mol. The summed E-state index contributed by atoms with van der Waals surface area (Å²) in [5.74, 6) is 0.340. The molecule has 0 radical (unpaired) electrons. The number of carbonyl (C=O) groups is 3. The van der Waals surface area contributed by atoms with Crippen molar-refractivity contribution in [2.24, 2.45) is 0 Å². The summed E-state index contributed by atoms with van der Waals surface area (Å²) in [5.41, 5.74) is 1.02. The zero-order valence-electron chi connectivity index (χ0n) is 15.8. The van der Waals surface area contributed by atoms with Crippen LogP contribution in [0, 0.1) is 0 Å². The molecule has 2 aliphatic heterocycles. The van der Waals surface area contributed by atoms with E-state index in [4.69, 9.17) is 4.74 Å². The Morgan fingerprint density at radius 2 is 1.89 bits per heavy atom. The van der Waals surface area contributed by atoms with Gasteiger partial charge in [0.15, 0.2) is 0 Å². The Morgan fingerprint density at radius 1 is 1.15 bits per heavy atom. The molecule has 0 unspecified atom stereocenters. The van der Waals surface area contributed by atoms with Crippen molar-refractivity contribution in [3.8, 4) is 5.75 Å². The molecule has 1 aromatic rings. The zero-order valence-corrected chi connectivity index (χ0v) is 15.8. The molecule has 8 heteroatoms. The highest BCUT2D eigenvalue weighted by molar-refractivity contribution is 5.98. The molecule has 27 heavy (non-hydrogen) atoms. The first-order valence-corrected chi connectivity index (χ1v) is 9.35. The molecule has 2 aliphatic rings. The quantitative estimate of drug-likeness (QED) is 0.824. The van der Waals surface area contributed by atoms with Gasteiger partial charge in [-0.2, -0.15) is 0 Å². The fraction of sp³-hybridized carbons (Fsp3) is 0.526. The van der Waals surface area contributed by atoms with Crippen LogP contribution in [-0.4, -0.2) is 66.5 Å². The van der Waals surface area contributed by atoms with Crippen molar-refractivity contribution in [3.05, 3.63) is 23.8 Å². The molecule has 0 saturated carbocycles. The van der Waals surface area contributed by atoms with Gasteiger partial charge in [-0.05, 0) is 38.5 Å². The van der Waals surface area contributed by atoms with E-state index >= 15 is 0 Å². The van der Waals surface area contributed by atoms with Crippen LogP contribution in [0.3, 0.4) is 0 Å². The Hall–Kier alpha value is -2.77. The zero-order chi connectivity index (χ0) is 19.4. The molecule has 3 rings (SSSR count). The van der Waals surface area contributed by atoms with Gasteiger partial charge in [-0.15, -0.1) is 0 Å². The third kappa shape index (κ3) is 4.69. The number of carbonyl (C=O) groups excluding carboxylic acids is 3. The first-order chi connectivity index (χ1) is 12.9. The van der Waals surface area contributed by atoms with Crippen LogP contribution in [0.25, 0.3) is 0 Å². The molecule has 1 aromatic carbocycles. The Labute approximate surface area is 158 Å². The van der Waals surface area contributed by atoms with Crippen molar-refractivity contribution in [2.45, 2.75) is 32.7 Å². The van der Waals surface area contributed by atoms with Crippen LogP contribution in [0.15, 0.2) is 18.2 Å². The van der Waals surface area contributed by atoms with Gasteiger partial charge in [0, 0.05) is 37.8 Å². The Bertz CT molecular complexity index is 734. The Balaban J connectivity index is 1.67. The minimum absolute atomic E-state index is 0.0792. The molecule has 0 aromatic heterocycles. The standard InChI is InChI=1S/C19H26N4O4/c1-13(2)20-19(26)23-8-3-7-22(9-10-23)18(25)14-4-5-16-15(12-14)21-17(24)6-11-27-16/h4-5,12-13H,3,6-11H2,1-2H3,(H,20,26)(H,21,24). The lowest BCUT2D eigenvalue weighted by Gasteiger charge is -2.23. The monoisotopic (exact) mass is 374 g/mol. The van der Waals surface area contributed by atoms with Crippen LogP contribution in [-0.2, 0) is 4.79 Å². The molecule has 0 atom stereocenters. The van der Waals surface area contributed by atoms with Gasteiger partial charge in [0.2, 0.25) is 5.91 Å². The minimum Gasteiger partial charge on any atom is -0.491 e. The number of nitrogens with zero attached hydrogens (tertiary/aromatic N) is 2. The maximum absolute atomic E-state index is 12.9. The molecule has 2 heterocycles. The largest absolute Gasteiger partial charge is 0.491 e. The minimum atomic E-state index is -0.125. The number of fused-ring (bicyclic) bond motifs is 1. The lowest BCUT2D eigenvalue weighted by Crippen LogP contribution is -2.44. The van der Waals surface area contributed by atoms with Crippen LogP contribution >= 0.6 is 0 Å². The van der Waals surface area contributed by atoms with Gasteiger partial charge in [0.1, 0.15) is 5.75 Å². The van der Waals surface area contributed by atoms with Crippen molar-refractivity contribution < 1.29 is 19.1 Å². The number of hydrogen-bond donors (Lipinski definition) is 2. The van der Waals surface area contributed by atoms with Crippen molar-refractivity contribution in [2.75, 3.05) is 38.1 Å². The number of urea groups is 1. The molecule has 8 nitrogen and oxygen atoms in total. The van der Waals surface area contributed by atoms with Crippen LogP contribution < -0.4 is 15.4 Å². The van der Waals surface area contributed by atoms with E-state index in [2.05, 4.69) is 10.6 Å². The third-order valence-electron chi connectivity index (χ3n) is 4.57. The second kappa shape index (κ2) is 8.28. The van der Waals surface area contributed by atoms with E-state index in [-0.39, 0.29) is 23.9 Å². The van der Waals surface area contributed by atoms with Gasteiger partial charge in [-0.1, -0.05) is 0 Å². The lowest BCUT2D eigenvalue weighted by atomic mass is 10.1. The van der Waals surface area contributed by atoms with Gasteiger partial charge in [-0.25, -0.2) is 4.79 Å². The van der Waals surface area contributed by atoms with Crippen molar-refractivity contribution in [3.63, 3.8) is 0 Å². The van der Waals surface area contributed by atoms with E-state index in [0.29, 0.717) is 56.2 Å². The number of nitrogens with one attached hydrogen (secondary N) is 2. The summed E-state index contributed by atoms with van der Waals surface area (Å²) in [4.78, 5) is 40.3. The van der Waals surface area contributed by atoms with Crippen molar-refractivity contribution >= 4 is 23.5 Å². The maximum atomic E-state index is 12.9. The first-order valence-electron chi connectivity index (χ1n) is 9.35. The maximum Gasteiger partial charge on any atom is 0.317 e. The number of amides is 4. The highest BCUT2D eigenvalue weighted by atomic mass is 16.5. The van der Waals surface area contributed by atoms with Crippen LogP contribution in [0.2, 0.25) is 0 Å². The van der Waals surface area contributed by atoms with Crippen molar-refractivity contribution in [1.29, 1.82) is 0 Å². The predicted molar refractivity (Wildman–Crippen MR) is 101 cm³/mol. The summed E-state index contributed by atoms with van der Waals surface area (Å²) < 4.78 is 5.53. The molecule has 1 fully saturated rings. The van der Waals surface area contributed by atoms with Crippen molar-refractivity contribution in [1.82, 2.24) is 15.1 Å². The lowest BCUT2D eigenvalue weighted by molar-refractivity contribution is -0.116. The van der Waals surface area contributed by atoms with Gasteiger partial charge in [0.05, 0.1) is 18.7 Å². The van der Waals surface area contributed by atoms with E-state index in [0.717, 1.165) is 6.42 Å². The highest BCUT2D eigenvalue weighted by Gasteiger charge is 2.24. The van der Waals surface area contributed by atoms with Gasteiger partial charge in [0.25, 0.3) is 5.91 Å². The summed E-state index contributed by atoms with van der Waals surface area (Å²) in [6.45, 7) is 6.35. The topological polar surface area (TPSA) is 91.0 Å². The SMILES string of the molecule is CC(C)NC(=O)N1CCCN(C(=O)c2ccc3c(c2)NC(=O)CCO3)CC1. The van der Waals surface area contributed by atoms with Crippen LogP contribution in [0.1, 0.15) is 37.0 Å². The molecular formula is C19H26N4O4. The molecule has 0 spiro atoms. The Kier molecular flexibility index (Phi) is 5.83. The average molecular weight is 374 g/mol. The summed E-state index contributed by atoms with van der Waals surface area (Å²) >= 11 is 0. The van der Waals surface area contributed by atoms with E-state index in [1.807, 2.05) is 13.8 Å². The average Bonchev–Trinajstić information content (AvgIpc) is 2.97. The number of hydrogen-bond acceptors (Lipinski definition) is 4. The molecule has 146 valence electrons. The number of benzene rings is 1. The second-order valence-corrected chi connectivity index (χ2v) is 7.09. The Morgan fingerprint density at radius 3 is 2.67 bits per heavy atom. The van der Waals surface area contributed by atoms with Gasteiger partial charge < -0.3 is 25.2 Å². The van der Waals surface area contributed by atoms with E-state index in [9.17, 15) is 14.4 Å². The fourth-order valence-electron chi connectivity index (χ4n) is 3.20. The molecule has 4 amide bonds. The summed E-state index contributed by atoms with van der Waals surface area (Å²) in [6.07, 6.45) is 1.01. The predicted octanol–water partition coefficient (Wildman–Crippen LogP) is 1.67. The number of anilines is 1. The van der Waals surface area contributed by atoms with E-state index in [1.54, 1.807) is 28.0 Å². The number of ether oxygens (including phenoxy) is 1. The third-order valence-corrected chi connectivity index (χ3v) is 4.57. The van der Waals surface area contributed by atoms with E-state index < -0.39 is 0 Å². The fourth-order valence-corrected chi connectivity index (χ4v) is 3.20. The molecule has 1 saturated heterocycles. The van der Waals surface area contributed by atoms with Gasteiger partial charge >= 0.3 is 6.03 Å².